The van der Waals surface area contributed by atoms with E-state index in [2.05, 4.69) is 12.2 Å². The number of halogens is 1. The lowest BCUT2D eigenvalue weighted by Crippen LogP contribution is -2.36. The Kier molecular flexibility index (Phi) is 6.65. The van der Waals surface area contributed by atoms with Crippen LogP contribution >= 0.6 is 0 Å². The molecule has 0 bridgehead atoms. The van der Waals surface area contributed by atoms with Gasteiger partial charge in [-0.05, 0) is 25.5 Å². The van der Waals surface area contributed by atoms with Crippen LogP contribution in [-0.4, -0.2) is 29.6 Å². The van der Waals surface area contributed by atoms with Crippen molar-refractivity contribution in [1.82, 2.24) is 5.32 Å². The summed E-state index contributed by atoms with van der Waals surface area (Å²) in [5.41, 5.74) is -0.222. The van der Waals surface area contributed by atoms with Crippen LogP contribution in [0.5, 0.6) is 5.75 Å². The van der Waals surface area contributed by atoms with Gasteiger partial charge >= 0.3 is 5.97 Å². The van der Waals surface area contributed by atoms with E-state index in [0.717, 1.165) is 31.4 Å². The molecule has 21 heavy (non-hydrogen) atoms. The maximum absolute atomic E-state index is 13.3. The molecule has 1 unspecified atom stereocenters. The third-order valence-electron chi connectivity index (χ3n) is 2.88. The topological polar surface area (TPSA) is 75.6 Å². The minimum Gasteiger partial charge on any atom is -0.481 e. The van der Waals surface area contributed by atoms with E-state index in [9.17, 15) is 14.0 Å². The highest BCUT2D eigenvalue weighted by Gasteiger charge is 2.16. The fourth-order valence-corrected chi connectivity index (χ4v) is 1.74. The Morgan fingerprint density at radius 2 is 2.05 bits per heavy atom. The molecular formula is C15H20FNO4. The van der Waals surface area contributed by atoms with Crippen LogP contribution in [0, 0.1) is 5.82 Å². The van der Waals surface area contributed by atoms with Crippen molar-refractivity contribution in [3.05, 3.63) is 29.6 Å². The average molecular weight is 297 g/mol. The molecule has 1 atom stereocenters. The van der Waals surface area contributed by atoms with Crippen LogP contribution in [0.25, 0.3) is 0 Å². The molecule has 1 amide bonds. The number of amides is 1. The molecule has 1 aromatic rings. The normalized spacial score (nSPS) is 11.8. The molecular weight excluding hydrogens is 277 g/mol. The first-order valence-electron chi connectivity index (χ1n) is 6.92. The number of hydrogen-bond acceptors (Lipinski definition) is 3. The first-order valence-corrected chi connectivity index (χ1v) is 6.92. The number of rotatable bonds is 8. The Morgan fingerprint density at radius 1 is 1.33 bits per heavy atom. The summed E-state index contributed by atoms with van der Waals surface area (Å²) in [6, 6.07) is 3.13. The quantitative estimate of drug-likeness (QED) is 0.723. The van der Waals surface area contributed by atoms with E-state index in [0.29, 0.717) is 6.54 Å². The molecule has 2 N–H and O–H groups in total. The van der Waals surface area contributed by atoms with E-state index in [1.165, 1.54) is 13.0 Å². The van der Waals surface area contributed by atoms with Crippen molar-refractivity contribution in [3.63, 3.8) is 0 Å². The van der Waals surface area contributed by atoms with Crippen molar-refractivity contribution >= 4 is 11.9 Å². The van der Waals surface area contributed by atoms with Gasteiger partial charge in [0, 0.05) is 12.6 Å². The summed E-state index contributed by atoms with van der Waals surface area (Å²) < 4.78 is 18.6. The Morgan fingerprint density at radius 3 is 2.67 bits per heavy atom. The van der Waals surface area contributed by atoms with E-state index in [4.69, 9.17) is 9.84 Å². The monoisotopic (exact) mass is 297 g/mol. The van der Waals surface area contributed by atoms with Crippen molar-refractivity contribution in [2.45, 2.75) is 39.2 Å². The van der Waals surface area contributed by atoms with Gasteiger partial charge in [-0.2, -0.15) is 0 Å². The summed E-state index contributed by atoms with van der Waals surface area (Å²) in [4.78, 5) is 22.6. The molecule has 116 valence electrons. The van der Waals surface area contributed by atoms with Crippen LogP contribution in [0.15, 0.2) is 18.2 Å². The van der Waals surface area contributed by atoms with Crippen molar-refractivity contribution in [2.24, 2.45) is 0 Å². The number of carbonyl (C=O) groups excluding carboxylic acids is 1. The van der Waals surface area contributed by atoms with Crippen molar-refractivity contribution < 1.29 is 23.8 Å². The molecule has 0 fully saturated rings. The summed E-state index contributed by atoms with van der Waals surface area (Å²) in [5.74, 6) is -2.27. The van der Waals surface area contributed by atoms with Crippen molar-refractivity contribution in [1.29, 1.82) is 0 Å². The third kappa shape index (κ3) is 5.81. The second kappa shape index (κ2) is 8.24. The maximum Gasteiger partial charge on any atom is 0.335 e. The van der Waals surface area contributed by atoms with Crippen LogP contribution in [0.1, 0.15) is 43.5 Å². The van der Waals surface area contributed by atoms with E-state index < -0.39 is 17.9 Å². The predicted octanol–water partition coefficient (Wildman–Crippen LogP) is 2.60. The molecule has 0 aromatic heterocycles. The van der Waals surface area contributed by atoms with Gasteiger partial charge in [-0.3, -0.25) is 4.79 Å². The summed E-state index contributed by atoms with van der Waals surface area (Å²) in [7, 11) is 0. The zero-order valence-electron chi connectivity index (χ0n) is 12.2. The summed E-state index contributed by atoms with van der Waals surface area (Å²) in [6.45, 7) is 4.15. The highest BCUT2D eigenvalue weighted by Crippen LogP contribution is 2.18. The van der Waals surface area contributed by atoms with Gasteiger partial charge in [0.05, 0.1) is 5.56 Å². The summed E-state index contributed by atoms with van der Waals surface area (Å²) in [5, 5.41) is 11.6. The van der Waals surface area contributed by atoms with Crippen LogP contribution < -0.4 is 10.1 Å². The number of aromatic carboxylic acids is 1. The van der Waals surface area contributed by atoms with Crippen LogP contribution in [0.3, 0.4) is 0 Å². The average Bonchev–Trinajstić information content (AvgIpc) is 2.42. The van der Waals surface area contributed by atoms with Gasteiger partial charge < -0.3 is 15.2 Å². The van der Waals surface area contributed by atoms with Crippen molar-refractivity contribution in [3.8, 4) is 5.75 Å². The number of ether oxygens (including phenoxy) is 1. The zero-order chi connectivity index (χ0) is 15.8. The first kappa shape index (κ1) is 16.9. The van der Waals surface area contributed by atoms with E-state index in [1.807, 2.05) is 0 Å². The second-order valence-corrected chi connectivity index (χ2v) is 4.74. The van der Waals surface area contributed by atoms with E-state index in [-0.39, 0.29) is 17.2 Å². The molecule has 1 rings (SSSR count). The predicted molar refractivity (Wildman–Crippen MR) is 76.0 cm³/mol. The molecule has 0 radical (unpaired) electrons. The third-order valence-corrected chi connectivity index (χ3v) is 2.88. The zero-order valence-corrected chi connectivity index (χ0v) is 12.2. The minimum absolute atomic E-state index is 0.0172. The largest absolute Gasteiger partial charge is 0.481 e. The molecule has 0 spiro atoms. The van der Waals surface area contributed by atoms with Gasteiger partial charge in [0.2, 0.25) is 0 Å². The molecule has 1 aromatic carbocycles. The van der Waals surface area contributed by atoms with Crippen LogP contribution in [0.2, 0.25) is 0 Å². The number of carbonyl (C=O) groups is 2. The molecule has 0 aliphatic rings. The van der Waals surface area contributed by atoms with E-state index >= 15 is 0 Å². The first-order chi connectivity index (χ1) is 9.93. The number of carboxylic acids is 1. The highest BCUT2D eigenvalue weighted by atomic mass is 19.1. The molecule has 0 aliphatic carbocycles. The molecule has 0 saturated carbocycles. The lowest BCUT2D eigenvalue weighted by molar-refractivity contribution is -0.127. The Bertz CT molecular complexity index is 504. The Balaban J connectivity index is 2.59. The number of nitrogens with one attached hydrogen (secondary N) is 1. The molecule has 6 heteroatoms. The van der Waals surface area contributed by atoms with Gasteiger partial charge in [0.15, 0.2) is 6.10 Å². The fraction of sp³-hybridized carbons (Fsp3) is 0.467. The summed E-state index contributed by atoms with van der Waals surface area (Å²) in [6.07, 6.45) is 2.15. The van der Waals surface area contributed by atoms with Crippen LogP contribution in [-0.2, 0) is 4.79 Å². The van der Waals surface area contributed by atoms with E-state index in [1.54, 1.807) is 0 Å². The number of benzene rings is 1. The van der Waals surface area contributed by atoms with Gasteiger partial charge in [0.25, 0.3) is 5.91 Å². The molecule has 0 aliphatic heterocycles. The molecule has 0 saturated heterocycles. The van der Waals surface area contributed by atoms with Crippen LogP contribution in [0.4, 0.5) is 4.39 Å². The lowest BCUT2D eigenvalue weighted by atomic mass is 10.2. The minimum atomic E-state index is -1.25. The Hall–Kier alpha value is -2.11. The SMILES string of the molecule is CCCCCNC(=O)C(C)Oc1cc(F)cc(C(=O)O)c1. The summed E-state index contributed by atoms with van der Waals surface area (Å²) >= 11 is 0. The second-order valence-electron chi connectivity index (χ2n) is 4.74. The standard InChI is InChI=1S/C15H20FNO4/c1-3-4-5-6-17-14(18)10(2)21-13-8-11(15(19)20)7-12(16)9-13/h7-10H,3-6H2,1-2H3,(H,17,18)(H,19,20). The van der Waals surface area contributed by atoms with Crippen molar-refractivity contribution in [2.75, 3.05) is 6.54 Å². The number of hydrogen-bond donors (Lipinski definition) is 2. The lowest BCUT2D eigenvalue weighted by Gasteiger charge is -2.15. The van der Waals surface area contributed by atoms with Gasteiger partial charge in [-0.1, -0.05) is 19.8 Å². The van der Waals surface area contributed by atoms with Gasteiger partial charge in [-0.25, -0.2) is 9.18 Å². The number of carboxylic acid groups (broad SMARTS) is 1. The number of unbranched alkanes of at least 4 members (excludes halogenated alkanes) is 2. The Labute approximate surface area is 123 Å². The highest BCUT2D eigenvalue weighted by molar-refractivity contribution is 5.88. The fourth-order valence-electron chi connectivity index (χ4n) is 1.74. The maximum atomic E-state index is 13.3. The molecule has 0 heterocycles. The van der Waals surface area contributed by atoms with Gasteiger partial charge in [-0.15, -0.1) is 0 Å². The smallest absolute Gasteiger partial charge is 0.335 e. The molecule has 5 nitrogen and oxygen atoms in total. The van der Waals surface area contributed by atoms with Gasteiger partial charge in [0.1, 0.15) is 11.6 Å².